The molecule has 0 aromatic heterocycles. The van der Waals surface area contributed by atoms with Gasteiger partial charge in [-0.2, -0.15) is 5.26 Å². The third-order valence-corrected chi connectivity index (χ3v) is 3.13. The SMILES string of the molecule is CCC(C#N)(C(=O)O)C1CCCNC1. The summed E-state index contributed by atoms with van der Waals surface area (Å²) < 4.78 is 0. The fourth-order valence-corrected chi connectivity index (χ4v) is 2.11. The molecule has 1 saturated heterocycles. The van der Waals surface area contributed by atoms with Crippen LogP contribution in [0.2, 0.25) is 0 Å². The van der Waals surface area contributed by atoms with Crippen molar-refractivity contribution in [1.82, 2.24) is 5.32 Å². The van der Waals surface area contributed by atoms with Crippen molar-refractivity contribution in [1.29, 1.82) is 5.26 Å². The quantitative estimate of drug-likeness (QED) is 0.706. The van der Waals surface area contributed by atoms with E-state index in [1.165, 1.54) is 0 Å². The van der Waals surface area contributed by atoms with Gasteiger partial charge < -0.3 is 10.4 Å². The van der Waals surface area contributed by atoms with E-state index in [4.69, 9.17) is 10.4 Å². The molecule has 2 atom stereocenters. The van der Waals surface area contributed by atoms with Gasteiger partial charge in [0.15, 0.2) is 5.41 Å². The molecule has 0 spiro atoms. The van der Waals surface area contributed by atoms with Crippen molar-refractivity contribution in [2.24, 2.45) is 11.3 Å². The molecular weight excluding hydrogens is 180 g/mol. The Hall–Kier alpha value is -1.08. The summed E-state index contributed by atoms with van der Waals surface area (Å²) in [6, 6.07) is 1.99. The summed E-state index contributed by atoms with van der Waals surface area (Å²) in [6.45, 7) is 3.35. The van der Waals surface area contributed by atoms with Crippen LogP contribution in [0.3, 0.4) is 0 Å². The monoisotopic (exact) mass is 196 g/mol. The van der Waals surface area contributed by atoms with Crippen LogP contribution in [0.25, 0.3) is 0 Å². The summed E-state index contributed by atoms with van der Waals surface area (Å²) in [5, 5.41) is 21.3. The van der Waals surface area contributed by atoms with Crippen LogP contribution in [0.1, 0.15) is 26.2 Å². The zero-order valence-corrected chi connectivity index (χ0v) is 8.42. The van der Waals surface area contributed by atoms with Gasteiger partial charge in [0, 0.05) is 12.5 Å². The van der Waals surface area contributed by atoms with E-state index in [2.05, 4.69) is 5.32 Å². The second-order valence-corrected chi connectivity index (χ2v) is 3.79. The molecule has 0 amide bonds. The van der Waals surface area contributed by atoms with Crippen LogP contribution in [0.5, 0.6) is 0 Å². The predicted octanol–water partition coefficient (Wildman–Crippen LogP) is 0.991. The lowest BCUT2D eigenvalue weighted by Gasteiger charge is -2.33. The number of hydrogen-bond donors (Lipinski definition) is 2. The molecule has 1 heterocycles. The summed E-state index contributed by atoms with van der Waals surface area (Å²) in [4.78, 5) is 11.1. The van der Waals surface area contributed by atoms with Crippen molar-refractivity contribution in [3.8, 4) is 6.07 Å². The van der Waals surface area contributed by atoms with Gasteiger partial charge in [0.25, 0.3) is 0 Å². The second kappa shape index (κ2) is 4.43. The maximum absolute atomic E-state index is 11.1. The molecule has 0 aromatic carbocycles. The fourth-order valence-electron chi connectivity index (χ4n) is 2.11. The molecule has 1 aliphatic rings. The number of carboxylic acids is 1. The van der Waals surface area contributed by atoms with E-state index in [1.807, 2.05) is 6.07 Å². The number of carboxylic acid groups (broad SMARTS) is 1. The molecule has 4 heteroatoms. The normalized spacial score (nSPS) is 26.1. The highest BCUT2D eigenvalue weighted by atomic mass is 16.4. The molecule has 1 aliphatic heterocycles. The van der Waals surface area contributed by atoms with Gasteiger partial charge in [0.05, 0.1) is 6.07 Å². The number of rotatable bonds is 3. The predicted molar refractivity (Wildman–Crippen MR) is 51.6 cm³/mol. The smallest absolute Gasteiger partial charge is 0.324 e. The standard InChI is InChI=1S/C10H16N2O2/c1-2-10(7-11,9(13)14)8-4-3-5-12-6-8/h8,12H,2-6H2,1H3,(H,13,14). The van der Waals surface area contributed by atoms with Gasteiger partial charge in [0.1, 0.15) is 0 Å². The lowest BCUT2D eigenvalue weighted by molar-refractivity contribution is -0.149. The Kier molecular flexibility index (Phi) is 3.48. The Morgan fingerprint density at radius 1 is 1.79 bits per heavy atom. The Morgan fingerprint density at radius 3 is 2.86 bits per heavy atom. The minimum atomic E-state index is -1.19. The number of piperidine rings is 1. The maximum atomic E-state index is 11.1. The molecule has 0 bridgehead atoms. The molecular formula is C10H16N2O2. The second-order valence-electron chi connectivity index (χ2n) is 3.79. The molecule has 0 aromatic rings. The number of nitrogens with one attached hydrogen (secondary N) is 1. The van der Waals surface area contributed by atoms with Crippen molar-refractivity contribution in [3.63, 3.8) is 0 Å². The summed E-state index contributed by atoms with van der Waals surface area (Å²) in [5.74, 6) is -1.03. The Labute approximate surface area is 83.9 Å². The summed E-state index contributed by atoms with van der Waals surface area (Å²) >= 11 is 0. The third-order valence-electron chi connectivity index (χ3n) is 3.13. The number of aliphatic carboxylic acids is 1. The largest absolute Gasteiger partial charge is 0.480 e. The van der Waals surface area contributed by atoms with Crippen LogP contribution in [-0.2, 0) is 4.79 Å². The lowest BCUT2D eigenvalue weighted by Crippen LogP contribution is -2.45. The Balaban J connectivity index is 2.85. The van der Waals surface area contributed by atoms with Crippen LogP contribution in [0.4, 0.5) is 0 Å². The van der Waals surface area contributed by atoms with Crippen molar-refractivity contribution in [3.05, 3.63) is 0 Å². The highest BCUT2D eigenvalue weighted by molar-refractivity contribution is 5.78. The highest BCUT2D eigenvalue weighted by Crippen LogP contribution is 2.35. The topological polar surface area (TPSA) is 73.1 Å². The molecule has 1 fully saturated rings. The number of hydrogen-bond acceptors (Lipinski definition) is 3. The summed E-state index contributed by atoms with van der Waals surface area (Å²) in [5.41, 5.74) is -1.19. The van der Waals surface area contributed by atoms with E-state index in [-0.39, 0.29) is 5.92 Å². The van der Waals surface area contributed by atoms with Gasteiger partial charge >= 0.3 is 5.97 Å². The Bertz CT molecular complexity index is 253. The van der Waals surface area contributed by atoms with Crippen LogP contribution in [0.15, 0.2) is 0 Å². The number of carbonyl (C=O) groups is 1. The molecule has 0 saturated carbocycles. The van der Waals surface area contributed by atoms with E-state index < -0.39 is 11.4 Å². The molecule has 4 nitrogen and oxygen atoms in total. The minimum absolute atomic E-state index is 0.0521. The number of nitriles is 1. The van der Waals surface area contributed by atoms with Crippen LogP contribution in [0, 0.1) is 22.7 Å². The molecule has 1 rings (SSSR count). The van der Waals surface area contributed by atoms with Gasteiger partial charge in [-0.15, -0.1) is 0 Å². The van der Waals surface area contributed by atoms with Gasteiger partial charge in [0.2, 0.25) is 0 Å². The fraction of sp³-hybridized carbons (Fsp3) is 0.800. The zero-order valence-electron chi connectivity index (χ0n) is 8.42. The lowest BCUT2D eigenvalue weighted by atomic mass is 9.71. The van der Waals surface area contributed by atoms with Crippen molar-refractivity contribution >= 4 is 5.97 Å². The first-order valence-corrected chi connectivity index (χ1v) is 5.02. The van der Waals surface area contributed by atoms with Gasteiger partial charge in [-0.1, -0.05) is 6.92 Å². The van der Waals surface area contributed by atoms with E-state index in [9.17, 15) is 4.79 Å². The highest BCUT2D eigenvalue weighted by Gasteiger charge is 2.45. The first-order valence-electron chi connectivity index (χ1n) is 5.02. The molecule has 14 heavy (non-hydrogen) atoms. The van der Waals surface area contributed by atoms with Gasteiger partial charge in [-0.25, -0.2) is 0 Å². The van der Waals surface area contributed by atoms with Crippen molar-refractivity contribution in [2.45, 2.75) is 26.2 Å². The third kappa shape index (κ3) is 1.73. The molecule has 78 valence electrons. The van der Waals surface area contributed by atoms with Crippen LogP contribution in [-0.4, -0.2) is 24.2 Å². The average Bonchev–Trinajstić information content (AvgIpc) is 2.22. The van der Waals surface area contributed by atoms with Crippen molar-refractivity contribution < 1.29 is 9.90 Å². The summed E-state index contributed by atoms with van der Waals surface area (Å²) in [7, 11) is 0. The van der Waals surface area contributed by atoms with Crippen LogP contribution >= 0.6 is 0 Å². The van der Waals surface area contributed by atoms with Crippen molar-refractivity contribution in [2.75, 3.05) is 13.1 Å². The maximum Gasteiger partial charge on any atom is 0.324 e. The first kappa shape index (κ1) is 11.0. The minimum Gasteiger partial charge on any atom is -0.480 e. The van der Waals surface area contributed by atoms with E-state index >= 15 is 0 Å². The summed E-state index contributed by atoms with van der Waals surface area (Å²) in [6.07, 6.45) is 2.17. The van der Waals surface area contributed by atoms with Crippen LogP contribution < -0.4 is 5.32 Å². The van der Waals surface area contributed by atoms with Gasteiger partial charge in [-0.05, 0) is 25.8 Å². The molecule has 0 radical (unpaired) electrons. The first-order chi connectivity index (χ1) is 6.67. The van der Waals surface area contributed by atoms with Gasteiger partial charge in [-0.3, -0.25) is 4.79 Å². The van der Waals surface area contributed by atoms with E-state index in [0.29, 0.717) is 13.0 Å². The van der Waals surface area contributed by atoms with E-state index in [1.54, 1.807) is 6.92 Å². The number of nitrogens with zero attached hydrogens (tertiary/aromatic N) is 1. The molecule has 0 aliphatic carbocycles. The Morgan fingerprint density at radius 2 is 2.50 bits per heavy atom. The molecule has 2 N–H and O–H groups in total. The average molecular weight is 196 g/mol. The zero-order chi connectivity index (χ0) is 10.6. The van der Waals surface area contributed by atoms with E-state index in [0.717, 1.165) is 19.4 Å². The molecule has 2 unspecified atom stereocenters.